The molecule has 198 valence electrons. The van der Waals surface area contributed by atoms with Gasteiger partial charge in [-0.05, 0) is 55.0 Å². The molecule has 0 atom stereocenters. The monoisotopic (exact) mass is 526 g/mol. The maximum atomic E-state index is 11.3. The molecule has 0 fully saturated rings. The minimum atomic E-state index is -0.563. The molecule has 0 radical (unpaired) electrons. The van der Waals surface area contributed by atoms with E-state index in [1.165, 1.54) is 6.08 Å². The van der Waals surface area contributed by atoms with E-state index in [-0.39, 0.29) is 13.2 Å². The lowest BCUT2D eigenvalue weighted by molar-refractivity contribution is -0.113. The first-order valence-electron chi connectivity index (χ1n) is 12.1. The Bertz CT molecular complexity index is 1590. The number of carbonyl (C=O) groups is 1. The Morgan fingerprint density at radius 3 is 2.64 bits per heavy atom. The number of nitrogens with two attached hydrogens (primary N) is 1. The van der Waals surface area contributed by atoms with E-state index in [9.17, 15) is 4.79 Å². The number of primary amides is 1. The summed E-state index contributed by atoms with van der Waals surface area (Å²) in [7, 11) is 1.57. The summed E-state index contributed by atoms with van der Waals surface area (Å²) in [5.41, 5.74) is 8.23. The van der Waals surface area contributed by atoms with Crippen LogP contribution in [0.15, 0.2) is 88.0 Å². The number of carbonyl (C=O) groups excluding carboxylic acids is 1. The first kappa shape index (κ1) is 25.4. The lowest BCUT2D eigenvalue weighted by Gasteiger charge is -2.12. The van der Waals surface area contributed by atoms with Gasteiger partial charge in [0.25, 0.3) is 5.89 Å². The van der Waals surface area contributed by atoms with Crippen LogP contribution in [-0.4, -0.2) is 27.8 Å². The highest BCUT2D eigenvalue weighted by molar-refractivity contribution is 5.90. The number of amides is 1. The molecule has 1 amide bonds. The number of methoxy groups -OCH3 is 1. The zero-order valence-corrected chi connectivity index (χ0v) is 21.4. The second-order valence-corrected chi connectivity index (χ2v) is 8.47. The summed E-state index contributed by atoms with van der Waals surface area (Å²) < 4.78 is 30.3. The Kier molecular flexibility index (Phi) is 7.44. The highest BCUT2D eigenvalue weighted by atomic mass is 16.5. The van der Waals surface area contributed by atoms with Crippen molar-refractivity contribution in [1.29, 1.82) is 0 Å². The van der Waals surface area contributed by atoms with Gasteiger partial charge in [0.1, 0.15) is 24.7 Å². The third-order valence-corrected chi connectivity index (χ3v) is 5.75. The summed E-state index contributed by atoms with van der Waals surface area (Å²) in [6.45, 7) is 2.21. The van der Waals surface area contributed by atoms with Crippen LogP contribution in [0.1, 0.15) is 22.6 Å². The predicted molar refractivity (Wildman–Crippen MR) is 142 cm³/mol. The quantitative estimate of drug-likeness (QED) is 0.236. The molecule has 0 saturated carbocycles. The number of nitrogens with zero attached hydrogens (tertiary/aromatic N) is 3. The number of aromatic nitrogens is 3. The van der Waals surface area contributed by atoms with Crippen LogP contribution < -0.4 is 19.9 Å². The van der Waals surface area contributed by atoms with Gasteiger partial charge in [-0.1, -0.05) is 24.3 Å². The van der Waals surface area contributed by atoms with Crippen molar-refractivity contribution in [2.45, 2.75) is 20.1 Å². The van der Waals surface area contributed by atoms with Crippen LogP contribution in [0.4, 0.5) is 0 Å². The number of benzene rings is 2. The zero-order chi connectivity index (χ0) is 27.2. The second kappa shape index (κ2) is 11.4. The maximum Gasteiger partial charge on any atom is 0.263 e. The molecule has 0 bridgehead atoms. The highest BCUT2D eigenvalue weighted by Crippen LogP contribution is 2.31. The molecule has 0 aliphatic rings. The van der Waals surface area contributed by atoms with Gasteiger partial charge < -0.3 is 28.8 Å². The van der Waals surface area contributed by atoms with E-state index in [0.29, 0.717) is 46.0 Å². The van der Waals surface area contributed by atoms with E-state index in [2.05, 4.69) is 10.1 Å². The Morgan fingerprint density at radius 2 is 1.90 bits per heavy atom. The Labute approximate surface area is 224 Å². The fourth-order valence-corrected chi connectivity index (χ4v) is 3.77. The SMILES string of the molecule is COc1cc(COc2nn(-c3ccccc3)cc2/C=C/C(N)=O)ccc1OCc1nc(-c2ccco2)oc1C. The van der Waals surface area contributed by atoms with Gasteiger partial charge in [-0.3, -0.25) is 4.79 Å². The molecule has 0 unspecified atom stereocenters. The van der Waals surface area contributed by atoms with E-state index in [0.717, 1.165) is 11.3 Å². The molecule has 0 saturated heterocycles. The summed E-state index contributed by atoms with van der Waals surface area (Å²) >= 11 is 0. The molecular weight excluding hydrogens is 500 g/mol. The topological polar surface area (TPSA) is 128 Å². The van der Waals surface area contributed by atoms with Gasteiger partial charge in [0.2, 0.25) is 11.8 Å². The average Bonchev–Trinajstić information content (AvgIpc) is 3.70. The Hall–Kier alpha value is -5.25. The highest BCUT2D eigenvalue weighted by Gasteiger charge is 2.16. The molecular formula is C29H26N4O6. The van der Waals surface area contributed by atoms with Crippen LogP contribution in [0.2, 0.25) is 0 Å². The van der Waals surface area contributed by atoms with Crippen LogP contribution in [-0.2, 0) is 18.0 Å². The van der Waals surface area contributed by atoms with Crippen LogP contribution >= 0.6 is 0 Å². The number of furan rings is 1. The second-order valence-electron chi connectivity index (χ2n) is 8.47. The summed E-state index contributed by atoms with van der Waals surface area (Å²) in [5, 5.41) is 4.54. The molecule has 39 heavy (non-hydrogen) atoms. The molecule has 0 aliphatic carbocycles. The maximum absolute atomic E-state index is 11.3. The number of rotatable bonds is 11. The van der Waals surface area contributed by atoms with Crippen molar-refractivity contribution >= 4 is 12.0 Å². The van der Waals surface area contributed by atoms with Crippen LogP contribution in [0.3, 0.4) is 0 Å². The largest absolute Gasteiger partial charge is 0.493 e. The van der Waals surface area contributed by atoms with Crippen molar-refractivity contribution in [1.82, 2.24) is 14.8 Å². The van der Waals surface area contributed by atoms with Crippen molar-refractivity contribution in [3.05, 3.63) is 102 Å². The van der Waals surface area contributed by atoms with Gasteiger partial charge in [-0.25, -0.2) is 9.67 Å². The molecule has 10 nitrogen and oxygen atoms in total. The lowest BCUT2D eigenvalue weighted by atomic mass is 10.2. The molecule has 5 rings (SSSR count). The molecule has 2 aromatic carbocycles. The molecule has 10 heteroatoms. The summed E-state index contributed by atoms with van der Waals surface area (Å²) in [5.74, 6) is 2.45. The van der Waals surface area contributed by atoms with Gasteiger partial charge in [-0.2, -0.15) is 0 Å². The first-order chi connectivity index (χ1) is 19.0. The number of ether oxygens (including phenoxy) is 3. The van der Waals surface area contributed by atoms with Crippen molar-refractivity contribution in [3.8, 4) is 34.7 Å². The smallest absolute Gasteiger partial charge is 0.263 e. The lowest BCUT2D eigenvalue weighted by Crippen LogP contribution is -2.05. The number of hydrogen-bond donors (Lipinski definition) is 1. The Balaban J connectivity index is 1.29. The van der Waals surface area contributed by atoms with Crippen LogP contribution in [0.25, 0.3) is 23.4 Å². The summed E-state index contributed by atoms with van der Waals surface area (Å²) in [6, 6.07) is 18.6. The normalized spacial score (nSPS) is 11.1. The summed E-state index contributed by atoms with van der Waals surface area (Å²) in [4.78, 5) is 15.8. The van der Waals surface area contributed by atoms with Gasteiger partial charge in [0, 0.05) is 12.3 Å². The average molecular weight is 527 g/mol. The third-order valence-electron chi connectivity index (χ3n) is 5.75. The van der Waals surface area contributed by atoms with E-state index < -0.39 is 5.91 Å². The first-order valence-corrected chi connectivity index (χ1v) is 12.1. The molecule has 0 aliphatic heterocycles. The molecule has 3 heterocycles. The number of hydrogen-bond acceptors (Lipinski definition) is 8. The minimum Gasteiger partial charge on any atom is -0.493 e. The van der Waals surface area contributed by atoms with Gasteiger partial charge in [0.15, 0.2) is 17.3 Å². The fourth-order valence-electron chi connectivity index (χ4n) is 3.77. The standard InChI is InChI=1S/C29H26N4O6/c1-19-23(31-29(39-19)25-9-6-14-36-25)18-37-24-12-10-20(15-26(24)35-2)17-38-28-21(11-13-27(30)34)16-33(32-28)22-7-4-3-5-8-22/h3-16H,17-18H2,1-2H3,(H2,30,34)/b13-11+. The van der Waals surface area contributed by atoms with E-state index in [1.54, 1.807) is 48.5 Å². The Morgan fingerprint density at radius 1 is 1.05 bits per heavy atom. The molecule has 5 aromatic rings. The van der Waals surface area contributed by atoms with E-state index >= 15 is 0 Å². The number of aryl methyl sites for hydroxylation is 1. The van der Waals surface area contributed by atoms with Gasteiger partial charge in [-0.15, -0.1) is 5.10 Å². The zero-order valence-electron chi connectivity index (χ0n) is 21.4. The predicted octanol–water partition coefficient (Wildman–Crippen LogP) is 5.09. The van der Waals surface area contributed by atoms with E-state index in [4.69, 9.17) is 28.8 Å². The summed E-state index contributed by atoms with van der Waals surface area (Å²) in [6.07, 6.45) is 6.17. The van der Waals surface area contributed by atoms with Crippen molar-refractivity contribution in [2.75, 3.05) is 7.11 Å². The molecule has 2 N–H and O–H groups in total. The van der Waals surface area contributed by atoms with Gasteiger partial charge >= 0.3 is 0 Å². The van der Waals surface area contributed by atoms with Crippen LogP contribution in [0, 0.1) is 6.92 Å². The van der Waals surface area contributed by atoms with Gasteiger partial charge in [0.05, 0.1) is 24.6 Å². The van der Waals surface area contributed by atoms with E-state index in [1.807, 2.05) is 49.4 Å². The third kappa shape index (κ3) is 6.02. The molecule has 3 aromatic heterocycles. The fraction of sp³-hybridized carbons (Fsp3) is 0.138. The van der Waals surface area contributed by atoms with Crippen molar-refractivity contribution < 1.29 is 27.8 Å². The van der Waals surface area contributed by atoms with Crippen molar-refractivity contribution in [3.63, 3.8) is 0 Å². The minimum absolute atomic E-state index is 0.189. The van der Waals surface area contributed by atoms with Crippen molar-refractivity contribution in [2.24, 2.45) is 5.73 Å². The molecule has 0 spiro atoms. The number of para-hydroxylation sites is 1. The van der Waals surface area contributed by atoms with Crippen LogP contribution in [0.5, 0.6) is 17.4 Å². The number of oxazole rings is 1.